The smallest absolute Gasteiger partial charge is 0.409 e. The Balaban J connectivity index is 0.000000146. The van der Waals surface area contributed by atoms with Gasteiger partial charge in [0.1, 0.15) is 93.5 Å². The molecule has 5 N–H and O–H groups in total. The van der Waals surface area contributed by atoms with Gasteiger partial charge in [0.2, 0.25) is 7.34 Å². The fourth-order valence-corrected chi connectivity index (χ4v) is 16.6. The number of aliphatic imine (C=N–C) groups is 3. The first-order chi connectivity index (χ1) is 62.2. The van der Waals surface area contributed by atoms with Gasteiger partial charge in [-0.25, -0.2) is 9.78 Å². The predicted molar refractivity (Wildman–Crippen MR) is 496 cm³/mol. The molecule has 658 valence electrons. The highest BCUT2D eigenvalue weighted by Crippen LogP contribution is 2.42. The minimum Gasteiger partial charge on any atom is -0.497 e. The van der Waals surface area contributed by atoms with E-state index < -0.39 is 24.3 Å². The van der Waals surface area contributed by atoms with Gasteiger partial charge in [-0.05, 0) is 165 Å². The number of aryl methyl sites for hydroxylation is 9. The molecule has 3 aliphatic heterocycles. The summed E-state index contributed by atoms with van der Waals surface area (Å²) in [5.74, 6) is 7.71. The van der Waals surface area contributed by atoms with Crippen molar-refractivity contribution < 1.29 is 53.0 Å². The molecular weight excluding hydrogens is 1660 g/mol. The number of methoxy groups -OCH3 is 4. The Hall–Kier alpha value is -14.1. The number of hydrogen-bond donors (Lipinski definition) is 5. The molecule has 5 aromatic heterocycles. The lowest BCUT2D eigenvalue weighted by atomic mass is 9.99. The van der Waals surface area contributed by atoms with Crippen molar-refractivity contribution in [2.24, 2.45) is 15.0 Å². The number of ether oxygens (including phenoxy) is 6. The minimum atomic E-state index is -0.811. The second kappa shape index (κ2) is 41.3. The molecule has 0 radical (unpaired) electrons. The second-order valence-corrected chi connectivity index (χ2v) is 32.2. The first-order valence-electron chi connectivity index (χ1n) is 41.9. The number of ketones is 1. The maximum atomic E-state index is 13.2. The third-order valence-corrected chi connectivity index (χ3v) is 23.1. The Bertz CT molecular complexity index is 6540. The number of aromatic nitrogens is 11. The Morgan fingerprint density at radius 1 is 0.562 bits per heavy atom. The highest BCUT2D eigenvalue weighted by Gasteiger charge is 2.35. The molecule has 28 nitrogen and oxygen atoms in total. The number of alkyl carbamates (subject to hydrolysis) is 1. The summed E-state index contributed by atoms with van der Waals surface area (Å²) in [6, 6.07) is 59.6. The van der Waals surface area contributed by atoms with E-state index in [9.17, 15) is 19.2 Å². The fourth-order valence-electron chi connectivity index (χ4n) is 15.2. The van der Waals surface area contributed by atoms with Crippen LogP contribution in [-0.4, -0.2) is 156 Å². The Morgan fingerprint density at radius 2 is 1.08 bits per heavy atom. The molecule has 9 aromatic carbocycles. The van der Waals surface area contributed by atoms with Crippen LogP contribution in [0.1, 0.15) is 156 Å². The van der Waals surface area contributed by atoms with Crippen LogP contribution in [0, 0.1) is 69.2 Å². The molecule has 0 aliphatic carbocycles. The summed E-state index contributed by atoms with van der Waals surface area (Å²) in [6.45, 7) is 22.7. The van der Waals surface area contributed by atoms with Crippen molar-refractivity contribution in [2.45, 2.75) is 120 Å². The van der Waals surface area contributed by atoms with E-state index in [1.807, 2.05) is 216 Å². The lowest BCUT2D eigenvalue weighted by molar-refractivity contribution is -0.121. The molecule has 0 saturated heterocycles. The quantitative estimate of drug-likeness (QED) is 0.0446. The SMILES string of the molecule is CCNC(=O)C[C@H]1N=C(c2ccc(C)cc2)c2cc(OC)ccc2-n2c(C)nnc21.COc1cc(OC)c2c(=O)[nH]c(-c3cc(C)c(OCCO)c(C)c3)nc2c1.COc1ccc2c(c1)C(c1ccc(C)cc1)=N[C@@H](NC(=O)OCc1ccccc1)c1nnc(C)n1-2.Cc1ccc(CC(=O)C[C@@H]2N=C(c3ccc(Cl)cc3)c3c(sc(C)c3C)-n3c(C)nnc32)cc1.[3H]OC. The minimum absolute atomic E-state index is 0.0517. The number of Topliss-reactive ketones (excluding diaryl/α,β-unsaturated/α-hetero) is 1. The lowest BCUT2D eigenvalue weighted by Gasteiger charge is -2.14. The number of amides is 2. The second-order valence-electron chi connectivity index (χ2n) is 30.6. The number of aromatic amines is 1. The van der Waals surface area contributed by atoms with Crippen LogP contribution in [0.25, 0.3) is 38.7 Å². The number of rotatable bonds is 21. The van der Waals surface area contributed by atoms with Gasteiger partial charge in [-0.1, -0.05) is 144 Å². The highest BCUT2D eigenvalue weighted by atomic mass is 35.5. The number of aliphatic hydroxyl groups excluding tert-OH is 2. The van der Waals surface area contributed by atoms with Crippen molar-refractivity contribution in [1.82, 2.24) is 64.9 Å². The standard InChI is InChI=1S/C27H25ClN4OS.C27H25N5O3.C23H25N5O2.C20H22N2O5.CH4O/c1-15-5-7-19(8-6-15)13-22(33)14-23-26-31-30-18(4)32(26)27-24(16(2)17(3)34-27)25(29-23)20-9-11-21(28)12-10-20;1-17-9-11-20(12-10-17)24-22-15-21(34-3)13-14-23(22)32-18(2)30-31-26(32)25(28-24)29-27(33)35-16-19-7-5-4-6-8-19;1-5-24-21(29)13-19-23-27-26-15(3)28(23)20-11-10-17(30-4)12-18(20)22(25-19)16-8-6-14(2)7-9-16;1-11-7-13(8-12(2)18(11)27-6-5-23)19-21-15-9-14(25-3)10-16(26-4)17(15)20(24)22-19;1-2/h5-12,23H,13-14H2,1-4H3;4-15,25H,16H2,1-3H3,(H,29,33);6-12,19H,5,13H2,1-4H3,(H,24,29);7-10,23H,5-6H2,1-4H3,(H,21,22,24);2H,1H3/t23-;25-;19-;;/m001../s1/i;;;;2T. The van der Waals surface area contributed by atoms with E-state index in [1.165, 1.54) is 35.8 Å². The summed E-state index contributed by atoms with van der Waals surface area (Å²) in [5, 5.41) is 46.4. The number of thiophene rings is 1. The molecule has 8 heterocycles. The van der Waals surface area contributed by atoms with E-state index >= 15 is 0 Å². The highest BCUT2D eigenvalue weighted by molar-refractivity contribution is 7.15. The zero-order chi connectivity index (χ0) is 91.9. The van der Waals surface area contributed by atoms with Gasteiger partial charge in [-0.2, -0.15) is 0 Å². The number of aliphatic hydroxyl groups is 2. The monoisotopic (exact) mass is 1760 g/mol. The largest absolute Gasteiger partial charge is 0.497 e. The average molecular weight is 1760 g/mol. The van der Waals surface area contributed by atoms with Crippen molar-refractivity contribution in [3.05, 3.63) is 321 Å². The van der Waals surface area contributed by atoms with Crippen LogP contribution >= 0.6 is 22.9 Å². The molecular formula is C98H101ClN16O12S. The van der Waals surface area contributed by atoms with Crippen LogP contribution in [0.5, 0.6) is 28.7 Å². The van der Waals surface area contributed by atoms with Gasteiger partial charge in [0.05, 0.1) is 75.5 Å². The van der Waals surface area contributed by atoms with E-state index in [0.29, 0.717) is 81.0 Å². The van der Waals surface area contributed by atoms with E-state index in [-0.39, 0.29) is 49.9 Å². The zero-order valence-electron chi connectivity index (χ0n) is 75.1. The van der Waals surface area contributed by atoms with Crippen LogP contribution in [0.2, 0.25) is 5.02 Å². The van der Waals surface area contributed by atoms with E-state index in [4.69, 9.17) is 61.5 Å². The molecule has 2 amide bonds. The van der Waals surface area contributed by atoms with Crippen molar-refractivity contribution >= 4 is 68.8 Å². The summed E-state index contributed by atoms with van der Waals surface area (Å²) in [5.41, 5.74) is 19.2. The van der Waals surface area contributed by atoms with Gasteiger partial charge in [-0.3, -0.25) is 48.4 Å². The van der Waals surface area contributed by atoms with Crippen LogP contribution < -0.4 is 39.9 Å². The van der Waals surface area contributed by atoms with Crippen LogP contribution in [-0.2, 0) is 27.4 Å². The molecule has 128 heavy (non-hydrogen) atoms. The average Bonchev–Trinajstić information content (AvgIpc) is 1.54. The first-order valence-corrected chi connectivity index (χ1v) is 42.6. The number of H-pyrrole nitrogens is 1. The summed E-state index contributed by atoms with van der Waals surface area (Å²) in [4.78, 5) is 74.9. The van der Waals surface area contributed by atoms with Crippen molar-refractivity contribution in [1.29, 1.82) is 1.43 Å². The van der Waals surface area contributed by atoms with Gasteiger partial charge < -0.3 is 48.9 Å². The first kappa shape index (κ1) is 90.1. The molecule has 0 fully saturated rings. The molecule has 3 aliphatic rings. The summed E-state index contributed by atoms with van der Waals surface area (Å²) in [7, 11) is 7.62. The van der Waals surface area contributed by atoms with Gasteiger partial charge >= 0.3 is 6.09 Å². The van der Waals surface area contributed by atoms with Gasteiger partial charge in [0, 0.05) is 87.5 Å². The molecule has 0 spiro atoms. The Kier molecular flexibility index (Phi) is 29.1. The van der Waals surface area contributed by atoms with Crippen molar-refractivity contribution in [3.63, 3.8) is 0 Å². The molecule has 14 aromatic rings. The maximum absolute atomic E-state index is 13.2. The van der Waals surface area contributed by atoms with Crippen molar-refractivity contribution in [2.75, 3.05) is 55.3 Å². The number of carbonyl (C=O) groups excluding carboxylic acids is 3. The lowest BCUT2D eigenvalue weighted by Crippen LogP contribution is -2.30. The number of benzene rings is 9. The van der Waals surface area contributed by atoms with Gasteiger partial charge in [-0.15, -0.1) is 41.9 Å². The zero-order valence-corrected chi connectivity index (χ0v) is 75.7. The van der Waals surface area contributed by atoms with Crippen LogP contribution in [0.4, 0.5) is 4.79 Å². The molecule has 0 bridgehead atoms. The number of halogens is 1. The third kappa shape index (κ3) is 20.5. The molecule has 0 saturated carbocycles. The molecule has 30 heteroatoms. The fraction of sp³-hybridized carbons (Fsp3) is 0.265. The van der Waals surface area contributed by atoms with E-state index in [0.717, 1.165) is 118 Å². The summed E-state index contributed by atoms with van der Waals surface area (Å²) in [6.07, 6.45) is -0.575. The van der Waals surface area contributed by atoms with E-state index in [1.54, 1.807) is 44.8 Å². The normalized spacial score (nSPS) is 13.8. The van der Waals surface area contributed by atoms with Crippen LogP contribution in [0.15, 0.2) is 208 Å². The third-order valence-electron chi connectivity index (χ3n) is 21.6. The number of hydrogen-bond acceptors (Lipinski definition) is 23. The van der Waals surface area contributed by atoms with Crippen molar-refractivity contribution in [3.8, 4) is 56.5 Å². The van der Waals surface area contributed by atoms with Gasteiger partial charge in [0.15, 0.2) is 23.6 Å². The Morgan fingerprint density at radius 3 is 1.64 bits per heavy atom. The molecule has 0 unspecified atom stereocenters. The molecule has 3 atom stereocenters. The summed E-state index contributed by atoms with van der Waals surface area (Å²) < 4.78 is 44.3. The number of nitrogens with zero attached hydrogens (tertiary/aromatic N) is 13. The van der Waals surface area contributed by atoms with Crippen LogP contribution in [0.3, 0.4) is 0 Å². The summed E-state index contributed by atoms with van der Waals surface area (Å²) >= 11 is 7.88. The number of fused-ring (bicyclic) bond motifs is 10. The molecule has 17 rings (SSSR count). The number of carbonyl (C=O) groups is 3. The topological polar surface area (TPSA) is 346 Å². The number of nitrogens with one attached hydrogen (secondary N) is 3. The van der Waals surface area contributed by atoms with Gasteiger partial charge in [0.25, 0.3) is 5.56 Å². The maximum Gasteiger partial charge on any atom is 0.409 e. The predicted octanol–water partition coefficient (Wildman–Crippen LogP) is 16.5. The van der Waals surface area contributed by atoms with E-state index in [2.05, 4.69) is 106 Å². The Labute approximate surface area is 752 Å².